The van der Waals surface area contributed by atoms with Gasteiger partial charge in [-0.2, -0.15) is 0 Å². The average molecular weight is 459 g/mol. The van der Waals surface area contributed by atoms with Gasteiger partial charge in [0.05, 0.1) is 26.3 Å². The van der Waals surface area contributed by atoms with Crippen LogP contribution >= 0.6 is 0 Å². The smallest absolute Gasteiger partial charge is 0.217 e. The summed E-state index contributed by atoms with van der Waals surface area (Å²) in [4.78, 5) is 17.1. The number of carbonyl (C=O) groups excluding carboxylic acids is 1. The molecular weight excluding hydrogens is 426 g/mol. The highest BCUT2D eigenvalue weighted by Gasteiger charge is 2.34. The fourth-order valence-corrected chi connectivity index (χ4v) is 5.07. The number of para-hydroxylation sites is 1. The number of aromatic amines is 1. The Morgan fingerprint density at radius 1 is 1.09 bits per heavy atom. The molecule has 4 aromatic rings. The number of amides is 1. The van der Waals surface area contributed by atoms with Crippen LogP contribution in [0.25, 0.3) is 16.6 Å². The van der Waals surface area contributed by atoms with Gasteiger partial charge in [-0.15, -0.1) is 10.2 Å². The quantitative estimate of drug-likeness (QED) is 0.398. The summed E-state index contributed by atoms with van der Waals surface area (Å²) < 4.78 is 2.93. The molecule has 0 unspecified atom stereocenters. The highest BCUT2D eigenvalue weighted by Crippen LogP contribution is 2.28. The van der Waals surface area contributed by atoms with Crippen LogP contribution < -0.4 is 9.80 Å². The normalized spacial score (nSPS) is 16.0. The van der Waals surface area contributed by atoms with Crippen molar-refractivity contribution in [1.29, 1.82) is 0 Å². The van der Waals surface area contributed by atoms with E-state index >= 15 is 0 Å². The number of carbonyl (C=O) groups is 1. The van der Waals surface area contributed by atoms with Crippen molar-refractivity contribution in [1.82, 2.24) is 34.4 Å². The Bertz CT molecular complexity index is 1220. The van der Waals surface area contributed by atoms with E-state index < -0.39 is 0 Å². The molecule has 1 aliphatic rings. The maximum atomic E-state index is 11.3. The minimum atomic E-state index is 0.0283. The zero-order valence-corrected chi connectivity index (χ0v) is 19.7. The first-order chi connectivity index (χ1) is 16.6. The molecule has 0 atom stereocenters. The van der Waals surface area contributed by atoms with Crippen molar-refractivity contribution in [3.8, 4) is 5.69 Å². The minimum absolute atomic E-state index is 0.0283. The minimum Gasteiger partial charge on any atom is -0.361 e. The number of hydrogen-bond donors (Lipinski definition) is 2. The molecule has 34 heavy (non-hydrogen) atoms. The van der Waals surface area contributed by atoms with E-state index in [0.29, 0.717) is 6.67 Å². The number of benzene rings is 2. The summed E-state index contributed by atoms with van der Waals surface area (Å²) in [5.74, 6) is 0.0283. The molecule has 5 rings (SSSR count). The van der Waals surface area contributed by atoms with Gasteiger partial charge in [0.2, 0.25) is 5.91 Å². The molecule has 1 aliphatic heterocycles. The third-order valence-corrected chi connectivity index (χ3v) is 7.04. The van der Waals surface area contributed by atoms with Gasteiger partial charge < -0.3 is 10.3 Å². The first-order valence-corrected chi connectivity index (χ1v) is 12.0. The van der Waals surface area contributed by atoms with Gasteiger partial charge >= 0.3 is 0 Å². The van der Waals surface area contributed by atoms with Gasteiger partial charge in [-0.1, -0.05) is 18.2 Å². The number of quaternary nitrogens is 1. The maximum absolute atomic E-state index is 11.3. The summed E-state index contributed by atoms with van der Waals surface area (Å²) >= 11 is 0. The van der Waals surface area contributed by atoms with E-state index in [0.717, 1.165) is 61.3 Å². The van der Waals surface area contributed by atoms with E-state index in [2.05, 4.69) is 80.1 Å². The van der Waals surface area contributed by atoms with Crippen LogP contribution in [0.2, 0.25) is 0 Å². The number of nitrogens with one attached hydrogen (secondary N) is 2. The van der Waals surface area contributed by atoms with Crippen LogP contribution in [-0.2, 0) is 11.2 Å². The van der Waals surface area contributed by atoms with Gasteiger partial charge in [-0.25, -0.2) is 0 Å². The van der Waals surface area contributed by atoms with Crippen LogP contribution in [0.5, 0.6) is 0 Å². The van der Waals surface area contributed by atoms with Crippen molar-refractivity contribution in [3.63, 3.8) is 0 Å². The van der Waals surface area contributed by atoms with Gasteiger partial charge in [-0.05, 0) is 42.3 Å². The molecule has 0 spiro atoms. The monoisotopic (exact) mass is 458 g/mol. The molecule has 3 heterocycles. The van der Waals surface area contributed by atoms with Crippen molar-refractivity contribution < 1.29 is 4.79 Å². The lowest BCUT2D eigenvalue weighted by Gasteiger charge is -2.44. The number of nitrogens with zero attached hydrogens (tertiary/aromatic N) is 5. The van der Waals surface area contributed by atoms with Gasteiger partial charge in [0.15, 0.2) is 0 Å². The first kappa shape index (κ1) is 22.3. The van der Waals surface area contributed by atoms with E-state index in [1.165, 1.54) is 16.6 Å². The Hall–Kier alpha value is -3.49. The maximum Gasteiger partial charge on any atom is 0.217 e. The Balaban J connectivity index is 1.29. The number of hydrogen-bond acceptors (Lipinski definition) is 4. The summed E-state index contributed by atoms with van der Waals surface area (Å²) in [6.07, 6.45) is 7.73. The number of aryl methyl sites for hydroxylation is 1. The number of rotatable bonds is 8. The van der Waals surface area contributed by atoms with Crippen molar-refractivity contribution in [3.05, 3.63) is 72.9 Å². The van der Waals surface area contributed by atoms with Crippen molar-refractivity contribution in [2.24, 2.45) is 0 Å². The highest BCUT2D eigenvalue weighted by atomic mass is 16.1. The van der Waals surface area contributed by atoms with Crippen molar-refractivity contribution in [2.45, 2.75) is 19.8 Å². The molecule has 0 aliphatic carbocycles. The molecule has 176 valence electrons. The van der Waals surface area contributed by atoms with Crippen LogP contribution in [0.3, 0.4) is 0 Å². The Kier molecular flexibility index (Phi) is 6.42. The number of fused-ring (bicyclic) bond motifs is 1. The van der Waals surface area contributed by atoms with Crippen LogP contribution in [0.1, 0.15) is 18.9 Å². The zero-order valence-electron chi connectivity index (χ0n) is 19.7. The molecule has 0 radical (unpaired) electrons. The Labute approximate surface area is 199 Å². The molecule has 0 saturated carbocycles. The average Bonchev–Trinajstić information content (AvgIpc) is 3.54. The molecule has 8 heteroatoms. The van der Waals surface area contributed by atoms with Crippen LogP contribution in [0, 0.1) is 0 Å². The third-order valence-electron chi connectivity index (χ3n) is 7.04. The van der Waals surface area contributed by atoms with Crippen LogP contribution in [0.4, 0.5) is 5.69 Å². The summed E-state index contributed by atoms with van der Waals surface area (Å²) in [6, 6.07) is 17.3. The fraction of sp³-hybridized carbons (Fsp3) is 0.346. The van der Waals surface area contributed by atoms with Gasteiger partial charge in [-0.3, -0.25) is 18.7 Å². The number of aromatic nitrogens is 4. The summed E-state index contributed by atoms with van der Waals surface area (Å²) in [7, 11) is 0. The van der Waals surface area contributed by atoms with Crippen LogP contribution in [0.15, 0.2) is 67.4 Å². The SMILES string of the molecule is CC(=O)NCN1CC[N+](CCCc2c[nH]c3ccc(-n4cnnc4)cc23)(c2ccccc2)CC1. The molecule has 2 aromatic carbocycles. The summed E-state index contributed by atoms with van der Waals surface area (Å²) in [6.45, 7) is 7.36. The fourth-order valence-electron chi connectivity index (χ4n) is 5.07. The summed E-state index contributed by atoms with van der Waals surface area (Å²) in [5.41, 5.74) is 4.96. The van der Waals surface area contributed by atoms with E-state index in [1.807, 2.05) is 4.57 Å². The second-order valence-electron chi connectivity index (χ2n) is 9.18. The topological polar surface area (TPSA) is 78.8 Å². The number of piperazine rings is 1. The molecule has 2 N–H and O–H groups in total. The predicted octanol–water partition coefficient (Wildman–Crippen LogP) is 3.10. The van der Waals surface area contributed by atoms with E-state index in [-0.39, 0.29) is 5.91 Å². The largest absolute Gasteiger partial charge is 0.361 e. The lowest BCUT2D eigenvalue weighted by molar-refractivity contribution is -0.119. The second kappa shape index (κ2) is 9.79. The van der Waals surface area contributed by atoms with Gasteiger partial charge in [0.25, 0.3) is 0 Å². The van der Waals surface area contributed by atoms with Crippen LogP contribution in [-0.4, -0.2) is 69.9 Å². The Morgan fingerprint density at radius 3 is 2.59 bits per heavy atom. The van der Waals surface area contributed by atoms with E-state index in [4.69, 9.17) is 0 Å². The predicted molar refractivity (Wildman–Crippen MR) is 135 cm³/mol. The molecule has 0 bridgehead atoms. The molecule has 2 aromatic heterocycles. The van der Waals surface area contributed by atoms with Crippen molar-refractivity contribution >= 4 is 22.5 Å². The van der Waals surface area contributed by atoms with Gasteiger partial charge in [0.1, 0.15) is 18.3 Å². The van der Waals surface area contributed by atoms with E-state index in [9.17, 15) is 4.79 Å². The zero-order chi connectivity index (χ0) is 23.4. The molecular formula is C26H32N7O+. The van der Waals surface area contributed by atoms with E-state index in [1.54, 1.807) is 19.6 Å². The highest BCUT2D eigenvalue weighted by molar-refractivity contribution is 5.85. The number of H-pyrrole nitrogens is 1. The molecule has 8 nitrogen and oxygen atoms in total. The van der Waals surface area contributed by atoms with Crippen molar-refractivity contribution in [2.75, 3.05) is 39.4 Å². The third kappa shape index (κ3) is 4.73. The Morgan fingerprint density at radius 2 is 1.85 bits per heavy atom. The molecule has 1 saturated heterocycles. The second-order valence-corrected chi connectivity index (χ2v) is 9.18. The molecule has 1 fully saturated rings. The first-order valence-electron chi connectivity index (χ1n) is 12.0. The summed E-state index contributed by atoms with van der Waals surface area (Å²) in [5, 5.41) is 12.1. The lowest BCUT2D eigenvalue weighted by atomic mass is 10.1. The lowest BCUT2D eigenvalue weighted by Crippen LogP contribution is -2.62. The molecule has 1 amide bonds. The van der Waals surface area contributed by atoms with Gasteiger partial charge in [0, 0.05) is 49.2 Å². The standard InChI is InChI=1S/C26H31N7O/c1-21(34)28-18-31-11-14-33(15-12-31,24-7-3-2-4-8-24)13-5-6-22-17-27-26-10-9-23(16-25(22)26)32-19-29-30-20-32/h2-4,7-10,16-17,19-20,27H,5-6,11-15,18H2,1H3/p+1.